The third-order valence-corrected chi connectivity index (χ3v) is 5.12. The van der Waals surface area contributed by atoms with Gasteiger partial charge in [0.2, 0.25) is 0 Å². The molecule has 0 aliphatic carbocycles. The fraction of sp³-hybridized carbons (Fsp3) is 0.350. The smallest absolute Gasteiger partial charge is 0.275 e. The summed E-state index contributed by atoms with van der Waals surface area (Å²) in [6.07, 6.45) is 3.16. The van der Waals surface area contributed by atoms with Crippen molar-refractivity contribution in [2.24, 2.45) is 0 Å². The van der Waals surface area contributed by atoms with E-state index in [2.05, 4.69) is 4.58 Å². The van der Waals surface area contributed by atoms with E-state index in [-0.39, 0.29) is 5.82 Å². The van der Waals surface area contributed by atoms with Crippen molar-refractivity contribution in [3.8, 4) is 5.75 Å². The van der Waals surface area contributed by atoms with Crippen LogP contribution in [0.1, 0.15) is 24.8 Å². The van der Waals surface area contributed by atoms with Crippen molar-refractivity contribution in [2.75, 3.05) is 25.1 Å². The Morgan fingerprint density at radius 2 is 1.80 bits per heavy atom. The zero-order valence-electron chi connectivity index (χ0n) is 14.3. The van der Waals surface area contributed by atoms with Gasteiger partial charge in [0.1, 0.15) is 17.3 Å². The number of hydrogen-bond acceptors (Lipinski definition) is 3. The van der Waals surface area contributed by atoms with E-state index >= 15 is 0 Å². The lowest BCUT2D eigenvalue weighted by molar-refractivity contribution is -0.538. The predicted octanol–water partition coefficient (Wildman–Crippen LogP) is 3.09. The van der Waals surface area contributed by atoms with Gasteiger partial charge in [-0.05, 0) is 61.4 Å². The first-order chi connectivity index (χ1) is 12.1. The van der Waals surface area contributed by atoms with Crippen LogP contribution in [0, 0.1) is 5.82 Å². The molecule has 25 heavy (non-hydrogen) atoms. The molecular weight excluding hydrogens is 319 g/mol. The molecule has 0 radical (unpaired) electrons. The summed E-state index contributed by atoms with van der Waals surface area (Å²) < 4.78 is 20.9. The highest BCUT2D eigenvalue weighted by Gasteiger charge is 2.54. The molecule has 0 saturated carbocycles. The van der Waals surface area contributed by atoms with Gasteiger partial charge in [0, 0.05) is 12.0 Å². The predicted molar refractivity (Wildman–Crippen MR) is 94.6 cm³/mol. The van der Waals surface area contributed by atoms with Gasteiger partial charge < -0.3 is 9.84 Å². The molecule has 2 aromatic rings. The van der Waals surface area contributed by atoms with Crippen molar-refractivity contribution in [1.29, 1.82) is 0 Å². The van der Waals surface area contributed by atoms with Crippen molar-refractivity contribution in [1.82, 2.24) is 0 Å². The van der Waals surface area contributed by atoms with Crippen LogP contribution in [0.15, 0.2) is 48.5 Å². The maximum atomic E-state index is 13.4. The highest BCUT2D eigenvalue weighted by molar-refractivity contribution is 5.97. The number of anilines is 1. The van der Waals surface area contributed by atoms with Gasteiger partial charge in [0.15, 0.2) is 6.54 Å². The van der Waals surface area contributed by atoms with Crippen LogP contribution in [-0.4, -0.2) is 35.7 Å². The van der Waals surface area contributed by atoms with E-state index < -0.39 is 5.72 Å². The van der Waals surface area contributed by atoms with Crippen molar-refractivity contribution >= 4 is 11.5 Å². The van der Waals surface area contributed by atoms with Crippen LogP contribution in [-0.2, 0) is 5.72 Å². The summed E-state index contributed by atoms with van der Waals surface area (Å²) in [7, 11) is 1.64. The van der Waals surface area contributed by atoms with E-state index in [0.717, 1.165) is 43.1 Å². The molecule has 130 valence electrons. The Hall–Kier alpha value is -2.40. The number of halogens is 1. The van der Waals surface area contributed by atoms with Crippen LogP contribution in [0.25, 0.3) is 0 Å². The van der Waals surface area contributed by atoms with Crippen molar-refractivity contribution in [3.63, 3.8) is 0 Å². The molecule has 0 saturated heterocycles. The third-order valence-electron chi connectivity index (χ3n) is 5.12. The minimum Gasteiger partial charge on any atom is -0.497 e. The Balaban J connectivity index is 1.81. The number of rotatable bonds is 3. The quantitative estimate of drug-likeness (QED) is 0.872. The van der Waals surface area contributed by atoms with Gasteiger partial charge in [-0.25, -0.2) is 4.39 Å². The van der Waals surface area contributed by atoms with E-state index in [9.17, 15) is 9.50 Å². The van der Waals surface area contributed by atoms with Gasteiger partial charge in [-0.15, -0.1) is 0 Å². The van der Waals surface area contributed by atoms with E-state index in [1.807, 2.05) is 29.2 Å². The average Bonchev–Trinajstić information content (AvgIpc) is 2.95. The van der Waals surface area contributed by atoms with E-state index in [1.54, 1.807) is 19.2 Å². The van der Waals surface area contributed by atoms with Crippen LogP contribution < -0.4 is 9.64 Å². The fourth-order valence-corrected chi connectivity index (χ4v) is 3.88. The van der Waals surface area contributed by atoms with Crippen LogP contribution in [0.2, 0.25) is 0 Å². The molecule has 0 unspecified atom stereocenters. The van der Waals surface area contributed by atoms with Crippen LogP contribution in [0.3, 0.4) is 0 Å². The third kappa shape index (κ3) is 2.68. The van der Waals surface area contributed by atoms with E-state index in [1.165, 1.54) is 12.1 Å². The summed E-state index contributed by atoms with van der Waals surface area (Å²) >= 11 is 0. The Bertz CT molecular complexity index is 801. The molecule has 2 heterocycles. The Morgan fingerprint density at radius 1 is 1.08 bits per heavy atom. The number of benzene rings is 2. The largest absolute Gasteiger partial charge is 0.497 e. The second-order valence-corrected chi connectivity index (χ2v) is 6.65. The summed E-state index contributed by atoms with van der Waals surface area (Å²) in [5, 5.41) is 11.6. The Labute approximate surface area is 146 Å². The van der Waals surface area contributed by atoms with Crippen molar-refractivity contribution in [2.45, 2.75) is 25.0 Å². The molecule has 0 fully saturated rings. The molecule has 1 N–H and O–H groups in total. The zero-order valence-corrected chi connectivity index (χ0v) is 14.3. The first-order valence-corrected chi connectivity index (χ1v) is 8.65. The normalized spacial score (nSPS) is 22.9. The minimum atomic E-state index is -1.21. The number of ether oxygens (including phenoxy) is 1. The maximum Gasteiger partial charge on any atom is 0.275 e. The lowest BCUT2D eigenvalue weighted by Crippen LogP contribution is -2.47. The van der Waals surface area contributed by atoms with Crippen molar-refractivity contribution < 1.29 is 18.8 Å². The molecule has 4 rings (SSSR count). The molecule has 0 amide bonds. The SMILES string of the molecule is COc1ccc(N2C3=[N+](CCCC3)C[C@]2(O)c2ccc(F)cc2)cc1. The highest BCUT2D eigenvalue weighted by Crippen LogP contribution is 2.38. The van der Waals surface area contributed by atoms with Gasteiger partial charge in [-0.2, -0.15) is 4.90 Å². The maximum absolute atomic E-state index is 13.4. The van der Waals surface area contributed by atoms with Gasteiger partial charge in [-0.1, -0.05) is 0 Å². The van der Waals surface area contributed by atoms with Crippen LogP contribution in [0.4, 0.5) is 10.1 Å². The zero-order chi connectivity index (χ0) is 17.4. The topological polar surface area (TPSA) is 35.7 Å². The molecule has 1 atom stereocenters. The summed E-state index contributed by atoms with van der Waals surface area (Å²) in [4.78, 5) is 2.00. The highest BCUT2D eigenvalue weighted by atomic mass is 19.1. The summed E-state index contributed by atoms with van der Waals surface area (Å²) in [6.45, 7) is 1.42. The second-order valence-electron chi connectivity index (χ2n) is 6.65. The van der Waals surface area contributed by atoms with Crippen LogP contribution in [0.5, 0.6) is 5.75 Å². The monoisotopic (exact) mass is 341 g/mol. The molecule has 2 aromatic carbocycles. The Kier molecular flexibility index (Phi) is 3.96. The molecule has 2 aliphatic heterocycles. The standard InChI is InChI=1S/C20H22FN2O2/c1-25-18-11-9-17(10-12-18)23-19-4-2-3-13-22(19)14-20(23,24)15-5-7-16(21)8-6-15/h5-12,24H,2-4,13-14H2,1H3/q+1/t20-/m0/s1. The summed E-state index contributed by atoms with van der Waals surface area (Å²) in [5.74, 6) is 1.61. The molecule has 0 spiro atoms. The lowest BCUT2D eigenvalue weighted by Gasteiger charge is -2.29. The van der Waals surface area contributed by atoms with Gasteiger partial charge >= 0.3 is 0 Å². The lowest BCUT2D eigenvalue weighted by atomic mass is 10.0. The van der Waals surface area contributed by atoms with E-state index in [4.69, 9.17) is 4.74 Å². The summed E-state index contributed by atoms with van der Waals surface area (Å²) in [5.41, 5.74) is 0.403. The Morgan fingerprint density at radius 3 is 2.48 bits per heavy atom. The molecule has 4 nitrogen and oxygen atoms in total. The molecule has 0 bridgehead atoms. The number of hydrogen-bond donors (Lipinski definition) is 1. The summed E-state index contributed by atoms with van der Waals surface area (Å²) in [6, 6.07) is 13.9. The molecule has 5 heteroatoms. The molecule has 2 aliphatic rings. The molecular formula is C20H22FN2O2+. The number of aliphatic hydroxyl groups is 1. The minimum absolute atomic E-state index is 0.299. The fourth-order valence-electron chi connectivity index (χ4n) is 3.88. The van der Waals surface area contributed by atoms with E-state index in [0.29, 0.717) is 12.1 Å². The van der Waals surface area contributed by atoms with Gasteiger partial charge in [0.25, 0.3) is 11.6 Å². The second kappa shape index (κ2) is 6.15. The molecule has 0 aromatic heterocycles. The van der Waals surface area contributed by atoms with Gasteiger partial charge in [-0.3, -0.25) is 4.58 Å². The first kappa shape index (κ1) is 16.1. The first-order valence-electron chi connectivity index (χ1n) is 8.65. The van der Waals surface area contributed by atoms with Gasteiger partial charge in [0.05, 0.1) is 13.7 Å². The average molecular weight is 341 g/mol. The number of nitrogens with zero attached hydrogens (tertiary/aromatic N) is 2. The number of methoxy groups -OCH3 is 1. The van der Waals surface area contributed by atoms with Crippen LogP contribution >= 0.6 is 0 Å². The van der Waals surface area contributed by atoms with Crippen molar-refractivity contribution in [3.05, 3.63) is 59.9 Å². The number of amidine groups is 1.